The number of halogens is 4. The van der Waals surface area contributed by atoms with Crippen molar-refractivity contribution < 1.29 is 37.0 Å². The number of imidazole rings is 1. The van der Waals surface area contributed by atoms with Gasteiger partial charge >= 0.3 is 12.1 Å². The summed E-state index contributed by atoms with van der Waals surface area (Å²) in [6.45, 7) is 3.68. The number of aromatic nitrogens is 3. The summed E-state index contributed by atoms with van der Waals surface area (Å²) >= 11 is 3.17. The lowest BCUT2D eigenvalue weighted by Gasteiger charge is -2.32. The number of ether oxygens (including phenoxy) is 2. The zero-order chi connectivity index (χ0) is 32.0. The van der Waals surface area contributed by atoms with Gasteiger partial charge < -0.3 is 23.6 Å². The average molecular weight is 700 g/mol. The zero-order valence-electron chi connectivity index (χ0n) is 24.6. The standard InChI is InChI=1S/C33H30BrF3N4O5/c34-22-13-24-21(18-46-31(24)25(14-22)33(35,36)37)17-45-30-3-1-2-26(39-30)19-6-9-40(10-7-19)16-29-38-27-5-4-20(32(42)43)12-28(27)41(29)15-23-8-11-44-23/h1-5,12-14,18-19,23H,6-11,15-17H2,(H,42,43). The molecule has 13 heteroatoms. The Bertz CT molecular complexity index is 1910. The monoisotopic (exact) mass is 698 g/mol. The first-order valence-corrected chi connectivity index (χ1v) is 15.8. The lowest BCUT2D eigenvalue weighted by Crippen LogP contribution is -2.35. The number of pyridine rings is 1. The summed E-state index contributed by atoms with van der Waals surface area (Å²) in [5.41, 5.74) is 2.15. The summed E-state index contributed by atoms with van der Waals surface area (Å²) in [6.07, 6.45) is -0.422. The molecule has 240 valence electrons. The van der Waals surface area contributed by atoms with Gasteiger partial charge in [-0.2, -0.15) is 13.2 Å². The lowest BCUT2D eigenvalue weighted by molar-refractivity contribution is -0.136. The third-order valence-corrected chi connectivity index (χ3v) is 9.23. The maximum atomic E-state index is 13.5. The highest BCUT2D eigenvalue weighted by Gasteiger charge is 2.35. The molecule has 7 rings (SSSR count). The number of furan rings is 1. The Labute approximate surface area is 270 Å². The van der Waals surface area contributed by atoms with Crippen molar-refractivity contribution in [1.82, 2.24) is 19.4 Å². The van der Waals surface area contributed by atoms with Crippen molar-refractivity contribution in [2.45, 2.75) is 57.2 Å². The largest absolute Gasteiger partial charge is 0.478 e. The molecule has 5 heterocycles. The van der Waals surface area contributed by atoms with Crippen molar-refractivity contribution in [2.75, 3.05) is 19.7 Å². The van der Waals surface area contributed by atoms with Gasteiger partial charge in [-0.15, -0.1) is 0 Å². The molecule has 0 saturated carbocycles. The Balaban J connectivity index is 1.01. The predicted molar refractivity (Wildman–Crippen MR) is 166 cm³/mol. The van der Waals surface area contributed by atoms with Crippen LogP contribution in [-0.4, -0.2) is 56.3 Å². The number of carboxylic acids is 1. The number of alkyl halides is 3. The Morgan fingerprint density at radius 2 is 1.89 bits per heavy atom. The smallest absolute Gasteiger partial charge is 0.420 e. The molecule has 0 radical (unpaired) electrons. The highest BCUT2D eigenvalue weighted by Crippen LogP contribution is 2.39. The molecular weight excluding hydrogens is 669 g/mol. The van der Waals surface area contributed by atoms with Crippen LogP contribution >= 0.6 is 15.9 Å². The number of piperidine rings is 1. The predicted octanol–water partition coefficient (Wildman–Crippen LogP) is 7.40. The maximum Gasteiger partial charge on any atom is 0.420 e. The minimum Gasteiger partial charge on any atom is -0.478 e. The van der Waals surface area contributed by atoms with Gasteiger partial charge in [-0.05, 0) is 68.8 Å². The van der Waals surface area contributed by atoms with E-state index in [-0.39, 0.29) is 29.8 Å². The van der Waals surface area contributed by atoms with Crippen LogP contribution in [0.1, 0.15) is 58.2 Å². The maximum absolute atomic E-state index is 13.5. The van der Waals surface area contributed by atoms with Gasteiger partial charge in [0.2, 0.25) is 5.88 Å². The average Bonchev–Trinajstić information content (AvgIpc) is 3.57. The van der Waals surface area contributed by atoms with Gasteiger partial charge in [-0.1, -0.05) is 22.0 Å². The van der Waals surface area contributed by atoms with E-state index in [1.807, 2.05) is 12.1 Å². The normalized spacial score (nSPS) is 17.9. The van der Waals surface area contributed by atoms with Crippen molar-refractivity contribution in [3.63, 3.8) is 0 Å². The highest BCUT2D eigenvalue weighted by molar-refractivity contribution is 9.10. The van der Waals surface area contributed by atoms with Crippen molar-refractivity contribution >= 4 is 43.9 Å². The fourth-order valence-corrected chi connectivity index (χ4v) is 6.67. The van der Waals surface area contributed by atoms with Gasteiger partial charge in [0.25, 0.3) is 0 Å². The molecule has 1 unspecified atom stereocenters. The fourth-order valence-electron chi connectivity index (χ4n) is 6.21. The Morgan fingerprint density at radius 3 is 2.61 bits per heavy atom. The van der Waals surface area contributed by atoms with E-state index in [0.717, 1.165) is 67.6 Å². The van der Waals surface area contributed by atoms with Crippen LogP contribution in [0.4, 0.5) is 13.2 Å². The summed E-state index contributed by atoms with van der Waals surface area (Å²) < 4.78 is 59.9. The van der Waals surface area contributed by atoms with Gasteiger partial charge in [0, 0.05) is 39.7 Å². The van der Waals surface area contributed by atoms with Crippen molar-refractivity contribution in [3.05, 3.63) is 87.5 Å². The summed E-state index contributed by atoms with van der Waals surface area (Å²) in [5, 5.41) is 9.85. The summed E-state index contributed by atoms with van der Waals surface area (Å²) in [7, 11) is 0. The first-order valence-electron chi connectivity index (χ1n) is 15.1. The highest BCUT2D eigenvalue weighted by atomic mass is 79.9. The van der Waals surface area contributed by atoms with Gasteiger partial charge in [0.05, 0.1) is 47.6 Å². The van der Waals surface area contributed by atoms with Gasteiger partial charge in [0.15, 0.2) is 0 Å². The minimum absolute atomic E-state index is 0.0104. The van der Waals surface area contributed by atoms with Crippen LogP contribution in [0.15, 0.2) is 63.7 Å². The first kappa shape index (κ1) is 30.7. The second-order valence-corrected chi connectivity index (χ2v) is 12.7. The second kappa shape index (κ2) is 12.3. The molecule has 3 aromatic heterocycles. The van der Waals surface area contributed by atoms with E-state index in [4.69, 9.17) is 23.9 Å². The molecule has 0 amide bonds. The van der Waals surface area contributed by atoms with Crippen molar-refractivity contribution in [2.24, 2.45) is 0 Å². The van der Waals surface area contributed by atoms with Crippen LogP contribution in [0.2, 0.25) is 0 Å². The summed E-state index contributed by atoms with van der Waals surface area (Å²) in [6, 6.07) is 13.2. The van der Waals surface area contributed by atoms with E-state index in [9.17, 15) is 23.1 Å². The number of benzene rings is 2. The molecule has 1 N–H and O–H groups in total. The molecule has 1 atom stereocenters. The third kappa shape index (κ3) is 6.23. The topological polar surface area (TPSA) is 103 Å². The molecule has 2 saturated heterocycles. The van der Waals surface area contributed by atoms with Gasteiger partial charge in [0.1, 0.15) is 18.0 Å². The SMILES string of the molecule is O=C(O)c1ccc2nc(CN3CCC(c4cccc(OCc5coc6c(C(F)(F)F)cc(Br)cc56)n4)CC3)n(CC3CCO3)c2c1. The number of carbonyl (C=O) groups is 1. The molecule has 2 aliphatic rings. The number of carboxylic acid groups (broad SMARTS) is 1. The van der Waals surface area contributed by atoms with Crippen molar-refractivity contribution in [3.8, 4) is 5.88 Å². The van der Waals surface area contributed by atoms with E-state index in [0.29, 0.717) is 34.4 Å². The number of hydrogen-bond donors (Lipinski definition) is 1. The number of hydrogen-bond acceptors (Lipinski definition) is 7. The molecule has 2 aliphatic heterocycles. The molecule has 0 spiro atoms. The third-order valence-electron chi connectivity index (χ3n) is 8.77. The fraction of sp³-hybridized carbons (Fsp3) is 0.364. The van der Waals surface area contributed by atoms with Crippen LogP contribution in [-0.2, 0) is 30.6 Å². The van der Waals surface area contributed by atoms with Crippen LogP contribution in [0.3, 0.4) is 0 Å². The Morgan fingerprint density at radius 1 is 1.09 bits per heavy atom. The van der Waals surface area contributed by atoms with Crippen LogP contribution in [0.25, 0.3) is 22.0 Å². The number of likely N-dealkylation sites (tertiary alicyclic amines) is 1. The Kier molecular flexibility index (Phi) is 8.24. The van der Waals surface area contributed by atoms with Crippen molar-refractivity contribution in [1.29, 1.82) is 0 Å². The second-order valence-electron chi connectivity index (χ2n) is 11.8. The molecule has 0 bridgehead atoms. The molecule has 46 heavy (non-hydrogen) atoms. The van der Waals surface area contributed by atoms with E-state index in [1.165, 1.54) is 6.26 Å². The van der Waals surface area contributed by atoms with E-state index < -0.39 is 17.7 Å². The first-order chi connectivity index (χ1) is 22.1. The van der Waals surface area contributed by atoms with E-state index in [1.54, 1.807) is 30.3 Å². The molecule has 2 fully saturated rings. The summed E-state index contributed by atoms with van der Waals surface area (Å²) in [4.78, 5) is 23.6. The van der Waals surface area contributed by atoms with Gasteiger partial charge in [-0.3, -0.25) is 4.90 Å². The molecule has 5 aromatic rings. The van der Waals surface area contributed by atoms with Gasteiger partial charge in [-0.25, -0.2) is 14.8 Å². The number of nitrogens with zero attached hydrogens (tertiary/aromatic N) is 4. The number of aromatic carboxylic acids is 1. The molecule has 9 nitrogen and oxygen atoms in total. The molecule has 2 aromatic carbocycles. The van der Waals surface area contributed by atoms with E-state index >= 15 is 0 Å². The molecular formula is C33H30BrF3N4O5. The quantitative estimate of drug-likeness (QED) is 0.170. The summed E-state index contributed by atoms with van der Waals surface area (Å²) in [5.74, 6) is 0.540. The van der Waals surface area contributed by atoms with E-state index in [2.05, 4.69) is 25.4 Å². The molecule has 0 aliphatic carbocycles. The number of fused-ring (bicyclic) bond motifs is 2. The zero-order valence-corrected chi connectivity index (χ0v) is 26.2. The lowest BCUT2D eigenvalue weighted by atomic mass is 9.93. The van der Waals surface area contributed by atoms with Crippen LogP contribution < -0.4 is 4.74 Å². The minimum atomic E-state index is -4.55. The Hall–Kier alpha value is -3.94. The number of rotatable bonds is 9. The van der Waals surface area contributed by atoms with Crippen LogP contribution in [0, 0.1) is 0 Å². The van der Waals surface area contributed by atoms with Crippen LogP contribution in [0.5, 0.6) is 5.88 Å².